The van der Waals surface area contributed by atoms with Gasteiger partial charge >= 0.3 is 0 Å². The topological polar surface area (TPSA) is 15.6 Å². The van der Waals surface area contributed by atoms with E-state index in [1.807, 2.05) is 0 Å². The second-order valence-electron chi connectivity index (χ2n) is 5.64. The van der Waals surface area contributed by atoms with E-state index in [2.05, 4.69) is 63.1 Å². The van der Waals surface area contributed by atoms with E-state index < -0.39 is 0 Å². The third-order valence-corrected chi connectivity index (χ3v) is 4.20. The molecule has 2 nitrogen and oxygen atoms in total. The number of benzene rings is 1. The van der Waals surface area contributed by atoms with Crippen LogP contribution >= 0.6 is 0 Å². The van der Waals surface area contributed by atoms with E-state index in [0.717, 1.165) is 6.42 Å². The van der Waals surface area contributed by atoms with Crippen LogP contribution in [0.15, 0.2) is 46.6 Å². The summed E-state index contributed by atoms with van der Waals surface area (Å²) in [6, 6.07) is 10.6. The van der Waals surface area contributed by atoms with Gasteiger partial charge in [-0.15, -0.1) is 0 Å². The summed E-state index contributed by atoms with van der Waals surface area (Å²) in [5.74, 6) is 0. The molecule has 0 radical (unpaired) electrons. The number of allylic oxidation sites excluding steroid dienone is 2. The van der Waals surface area contributed by atoms with Crippen molar-refractivity contribution in [1.82, 2.24) is 4.90 Å². The molecule has 2 heteroatoms. The Kier molecular flexibility index (Phi) is 4.99. The van der Waals surface area contributed by atoms with Crippen LogP contribution in [-0.4, -0.2) is 17.7 Å². The molecule has 0 N–H and O–H groups in total. The molecule has 2 rings (SSSR count). The molecule has 0 saturated heterocycles. The highest BCUT2D eigenvalue weighted by Gasteiger charge is 2.24. The number of hydrogen-bond donors (Lipinski definition) is 0. The van der Waals surface area contributed by atoms with Gasteiger partial charge in [-0.05, 0) is 37.8 Å². The van der Waals surface area contributed by atoms with Crippen molar-refractivity contribution in [3.8, 4) is 0 Å². The minimum absolute atomic E-state index is 0.136. The SMILES string of the molecule is CCCCCC1=C(C)C(C)=NC(c2ccccc2)N1C. The number of nitrogens with zero attached hydrogens (tertiary/aromatic N) is 2. The predicted octanol–water partition coefficient (Wildman–Crippen LogP) is 4.95. The Morgan fingerprint density at radius 2 is 1.80 bits per heavy atom. The molecule has 1 aromatic carbocycles. The molecule has 20 heavy (non-hydrogen) atoms. The summed E-state index contributed by atoms with van der Waals surface area (Å²) in [6.45, 7) is 6.60. The second-order valence-corrected chi connectivity index (χ2v) is 5.64. The first kappa shape index (κ1) is 14.8. The van der Waals surface area contributed by atoms with Crippen molar-refractivity contribution in [1.29, 1.82) is 0 Å². The maximum absolute atomic E-state index is 4.88. The lowest BCUT2D eigenvalue weighted by Crippen LogP contribution is -2.29. The molecule has 0 saturated carbocycles. The average molecular weight is 270 g/mol. The van der Waals surface area contributed by atoms with Gasteiger partial charge in [-0.25, -0.2) is 0 Å². The maximum atomic E-state index is 4.88. The van der Waals surface area contributed by atoms with Crippen molar-refractivity contribution in [3.05, 3.63) is 47.2 Å². The van der Waals surface area contributed by atoms with Crippen LogP contribution in [-0.2, 0) is 0 Å². The van der Waals surface area contributed by atoms with Crippen molar-refractivity contribution in [3.63, 3.8) is 0 Å². The third kappa shape index (κ3) is 3.12. The summed E-state index contributed by atoms with van der Waals surface area (Å²) < 4.78 is 0. The Balaban J connectivity index is 2.23. The van der Waals surface area contributed by atoms with Crippen molar-refractivity contribution in [2.24, 2.45) is 4.99 Å². The van der Waals surface area contributed by atoms with Gasteiger partial charge in [0.1, 0.15) is 6.17 Å². The molecule has 1 aromatic rings. The van der Waals surface area contributed by atoms with E-state index in [0.29, 0.717) is 0 Å². The Morgan fingerprint density at radius 1 is 1.10 bits per heavy atom. The first-order valence-electron chi connectivity index (χ1n) is 7.67. The average Bonchev–Trinajstić information content (AvgIpc) is 2.47. The van der Waals surface area contributed by atoms with E-state index in [-0.39, 0.29) is 6.17 Å². The lowest BCUT2D eigenvalue weighted by Gasteiger charge is -2.35. The highest BCUT2D eigenvalue weighted by atomic mass is 15.2. The minimum Gasteiger partial charge on any atom is -0.352 e. The van der Waals surface area contributed by atoms with Gasteiger partial charge in [-0.1, -0.05) is 50.1 Å². The molecule has 0 amide bonds. The zero-order chi connectivity index (χ0) is 14.5. The number of aliphatic imine (C=N–C) groups is 1. The van der Waals surface area contributed by atoms with Crippen LogP contribution in [0.25, 0.3) is 0 Å². The molecule has 108 valence electrons. The molecular weight excluding hydrogens is 244 g/mol. The number of hydrogen-bond acceptors (Lipinski definition) is 2. The Labute approximate surface area is 123 Å². The standard InChI is InChI=1S/C18H26N2/c1-5-6-8-13-17-14(2)15(3)19-18(20(17)4)16-11-9-7-10-12-16/h7,9-12,18H,5-6,8,13H2,1-4H3. The largest absolute Gasteiger partial charge is 0.352 e. The molecular formula is C18H26N2. The molecule has 1 heterocycles. The first-order chi connectivity index (χ1) is 9.65. The van der Waals surface area contributed by atoms with Crippen molar-refractivity contribution in [2.45, 2.75) is 52.6 Å². The predicted molar refractivity (Wildman–Crippen MR) is 86.9 cm³/mol. The Morgan fingerprint density at radius 3 is 2.45 bits per heavy atom. The van der Waals surface area contributed by atoms with E-state index in [1.165, 1.54) is 41.8 Å². The summed E-state index contributed by atoms with van der Waals surface area (Å²) >= 11 is 0. The molecule has 0 bridgehead atoms. The summed E-state index contributed by atoms with van der Waals surface area (Å²) in [5.41, 5.74) is 5.27. The molecule has 1 unspecified atom stereocenters. The lowest BCUT2D eigenvalue weighted by atomic mass is 10.00. The first-order valence-corrected chi connectivity index (χ1v) is 7.67. The molecule has 0 aromatic heterocycles. The monoisotopic (exact) mass is 270 g/mol. The smallest absolute Gasteiger partial charge is 0.146 e. The summed E-state index contributed by atoms with van der Waals surface area (Å²) in [6.07, 6.45) is 5.13. The lowest BCUT2D eigenvalue weighted by molar-refractivity contribution is 0.297. The third-order valence-electron chi connectivity index (χ3n) is 4.20. The van der Waals surface area contributed by atoms with Gasteiger partial charge in [0.25, 0.3) is 0 Å². The van der Waals surface area contributed by atoms with Gasteiger partial charge in [0.15, 0.2) is 0 Å². The van der Waals surface area contributed by atoms with Crippen LogP contribution in [0.2, 0.25) is 0 Å². The fourth-order valence-corrected chi connectivity index (χ4v) is 2.82. The van der Waals surface area contributed by atoms with E-state index in [9.17, 15) is 0 Å². The van der Waals surface area contributed by atoms with E-state index in [1.54, 1.807) is 0 Å². The normalized spacial score (nSPS) is 19.3. The Bertz CT molecular complexity index is 499. The highest BCUT2D eigenvalue weighted by molar-refractivity contribution is 5.99. The molecule has 0 spiro atoms. The quantitative estimate of drug-likeness (QED) is 0.691. The zero-order valence-electron chi connectivity index (χ0n) is 13.2. The van der Waals surface area contributed by atoms with Crippen LogP contribution in [0, 0.1) is 0 Å². The van der Waals surface area contributed by atoms with Gasteiger partial charge in [0.05, 0.1) is 0 Å². The van der Waals surface area contributed by atoms with Gasteiger partial charge < -0.3 is 4.90 Å². The van der Waals surface area contributed by atoms with Gasteiger partial charge in [-0.3, -0.25) is 4.99 Å². The highest BCUT2D eigenvalue weighted by Crippen LogP contribution is 2.33. The van der Waals surface area contributed by atoms with Gasteiger partial charge in [-0.2, -0.15) is 0 Å². The summed E-state index contributed by atoms with van der Waals surface area (Å²) in [4.78, 5) is 7.23. The molecule has 0 fully saturated rings. The molecule has 1 aliphatic heterocycles. The number of unbranched alkanes of at least 4 members (excludes halogenated alkanes) is 2. The fourth-order valence-electron chi connectivity index (χ4n) is 2.82. The van der Waals surface area contributed by atoms with Gasteiger partial charge in [0, 0.05) is 18.5 Å². The minimum atomic E-state index is 0.136. The van der Waals surface area contributed by atoms with E-state index in [4.69, 9.17) is 4.99 Å². The molecule has 1 aliphatic rings. The van der Waals surface area contributed by atoms with Crippen LogP contribution in [0.3, 0.4) is 0 Å². The van der Waals surface area contributed by atoms with Crippen molar-refractivity contribution in [2.75, 3.05) is 7.05 Å². The van der Waals surface area contributed by atoms with Crippen LogP contribution in [0.4, 0.5) is 0 Å². The van der Waals surface area contributed by atoms with Crippen LogP contribution in [0.1, 0.15) is 58.2 Å². The second kappa shape index (κ2) is 6.74. The van der Waals surface area contributed by atoms with Crippen molar-refractivity contribution >= 4 is 5.71 Å². The Hall–Kier alpha value is -1.57. The maximum Gasteiger partial charge on any atom is 0.146 e. The zero-order valence-corrected chi connectivity index (χ0v) is 13.2. The summed E-state index contributed by atoms with van der Waals surface area (Å²) in [7, 11) is 2.18. The summed E-state index contributed by atoms with van der Waals surface area (Å²) in [5, 5.41) is 0. The van der Waals surface area contributed by atoms with Crippen LogP contribution in [0.5, 0.6) is 0 Å². The molecule has 0 aliphatic carbocycles. The van der Waals surface area contributed by atoms with Crippen molar-refractivity contribution < 1.29 is 0 Å². The molecule has 1 atom stereocenters. The number of rotatable bonds is 5. The van der Waals surface area contributed by atoms with Gasteiger partial charge in [0.2, 0.25) is 0 Å². The van der Waals surface area contributed by atoms with E-state index >= 15 is 0 Å². The fraction of sp³-hybridized carbons (Fsp3) is 0.500. The van der Waals surface area contributed by atoms with Crippen LogP contribution < -0.4 is 0 Å².